The van der Waals surface area contributed by atoms with E-state index < -0.39 is 150 Å². The van der Waals surface area contributed by atoms with E-state index in [1.165, 1.54) is 0 Å². The number of hydrogen-bond donors (Lipinski definition) is 10. The van der Waals surface area contributed by atoms with E-state index in [-0.39, 0.29) is 111 Å². The molecule has 34 heteroatoms. The van der Waals surface area contributed by atoms with Crippen LogP contribution in [0.2, 0.25) is 0 Å². The van der Waals surface area contributed by atoms with Gasteiger partial charge in [-0.25, -0.2) is 0 Å². The summed E-state index contributed by atoms with van der Waals surface area (Å²) in [5.41, 5.74) is 0. The smallest absolute Gasteiger partial charge is 0.549 e. The van der Waals surface area contributed by atoms with Gasteiger partial charge in [0.25, 0.3) is 0 Å². The Morgan fingerprint density at radius 2 is 0.344 bits per heavy atom. The molecule has 0 bridgehead atoms. The first-order valence-corrected chi connectivity index (χ1v) is 16.5. The van der Waals surface area contributed by atoms with Crippen LogP contribution in [0.1, 0.15) is 0 Å². The fourth-order valence-electron chi connectivity index (χ4n) is 4.39. The zero-order valence-electron chi connectivity index (χ0n) is 35.5. The Labute approximate surface area is 406 Å². The van der Waals surface area contributed by atoms with Crippen molar-refractivity contribution in [3.8, 4) is 0 Å². The van der Waals surface area contributed by atoms with E-state index in [0.29, 0.717) is 0 Å². The fraction of sp³-hybridized carbons (Fsp3) is 0.600. The van der Waals surface area contributed by atoms with Crippen molar-refractivity contribution < 1.29 is 178 Å². The van der Waals surface area contributed by atoms with Gasteiger partial charge in [-0.2, -0.15) is 0 Å². The van der Waals surface area contributed by atoms with Gasteiger partial charge in [0.1, 0.15) is 0 Å². The number of quaternary nitrogens is 2. The van der Waals surface area contributed by atoms with E-state index in [9.17, 15) is 78.0 Å². The molecular formula is C30H52N8Na2O24. The Morgan fingerprint density at radius 1 is 0.250 bits per heavy atom. The summed E-state index contributed by atoms with van der Waals surface area (Å²) >= 11 is 0. The van der Waals surface area contributed by atoms with Crippen LogP contribution in [-0.4, -0.2) is 260 Å². The van der Waals surface area contributed by atoms with Gasteiger partial charge < -0.3 is 92.8 Å². The van der Waals surface area contributed by atoms with Crippen molar-refractivity contribution in [2.45, 2.75) is 0 Å². The summed E-state index contributed by atoms with van der Waals surface area (Å²) < 4.78 is 0. The van der Waals surface area contributed by atoms with Crippen LogP contribution in [0.15, 0.2) is 0 Å². The average Bonchev–Trinajstić information content (AvgIpc) is 3.02. The van der Waals surface area contributed by atoms with E-state index in [1.54, 1.807) is 0 Å². The van der Waals surface area contributed by atoms with E-state index in [1.807, 2.05) is 0 Å². The average molecular weight is 955 g/mol. The van der Waals surface area contributed by atoms with E-state index in [2.05, 4.69) is 0 Å². The van der Waals surface area contributed by atoms with Crippen LogP contribution in [0.3, 0.4) is 0 Å². The molecule has 0 rings (SSSR count). The molecule has 32 nitrogen and oxygen atoms in total. The maximum atomic E-state index is 10.6. The Bertz CT molecular complexity index is 1140. The summed E-state index contributed by atoms with van der Waals surface area (Å²) in [6, 6.07) is 0. The molecule has 0 fully saturated rings. The molecule has 0 amide bonds. The minimum absolute atomic E-state index is 0. The summed E-state index contributed by atoms with van der Waals surface area (Å²) in [5.74, 6) is -15.9. The first-order chi connectivity index (χ1) is 27.6. The van der Waals surface area contributed by atoms with Crippen LogP contribution in [0.4, 0.5) is 0 Å². The molecule has 0 atom stereocenters. The third-order valence-electron chi connectivity index (χ3n) is 6.48. The van der Waals surface area contributed by atoms with Gasteiger partial charge >= 0.3 is 107 Å². The molecule has 0 aliphatic carbocycles. The molecule has 0 aromatic carbocycles. The van der Waals surface area contributed by atoms with E-state index >= 15 is 0 Å². The number of hydrogen-bond acceptors (Lipinski definition) is 22. The summed E-state index contributed by atoms with van der Waals surface area (Å²) in [7, 11) is 0. The Hall–Kier alpha value is -4.68. The molecule has 16 N–H and O–H groups in total. The molecule has 0 aliphatic rings. The number of carbonyl (C=O) groups excluding carboxylic acids is 4. The second-order valence-corrected chi connectivity index (χ2v) is 11.9. The van der Waals surface area contributed by atoms with Crippen LogP contribution in [0.25, 0.3) is 0 Å². The van der Waals surface area contributed by atoms with E-state index in [0.717, 1.165) is 29.4 Å². The van der Waals surface area contributed by atoms with E-state index in [4.69, 9.17) is 40.9 Å². The molecule has 358 valence electrons. The number of nitrogens with zero attached hydrogens (tertiary/aromatic N) is 6. The van der Waals surface area contributed by atoms with Crippen molar-refractivity contribution in [2.24, 2.45) is 0 Å². The zero-order valence-corrected chi connectivity index (χ0v) is 39.5. The van der Waals surface area contributed by atoms with Crippen molar-refractivity contribution in [1.29, 1.82) is 0 Å². The maximum absolute atomic E-state index is 10.6. The van der Waals surface area contributed by atoms with Crippen LogP contribution in [-0.2, 0) is 57.5 Å². The predicted octanol–water partition coefficient (Wildman–Crippen LogP) is -16.8. The first kappa shape index (κ1) is 73.7. The Morgan fingerprint density at radius 3 is 0.422 bits per heavy atom. The van der Waals surface area contributed by atoms with Gasteiger partial charge in [0.05, 0.1) is 76.2 Å². The third-order valence-corrected chi connectivity index (χ3v) is 6.48. The fourth-order valence-corrected chi connectivity index (χ4v) is 4.39. The maximum Gasteiger partial charge on any atom is 1.00 e. The second-order valence-electron chi connectivity index (χ2n) is 11.9. The largest absolute Gasteiger partial charge is 1.00 e. The quantitative estimate of drug-likeness (QED) is 0.0273. The molecule has 0 spiro atoms. The van der Waals surface area contributed by atoms with Crippen LogP contribution < -0.4 is 91.8 Å². The standard InChI is InChI=1S/3C10H16N2O8.2H3N.2Na/c3*13-7(14)3-11(4-8(15)16)1-2-12(5-9(17)18)6-10(19)20;;;;/h3*1-6H2,(H,13,14)(H,15,16)(H,17,18)(H,19,20);2*1H3;;/q;;;;;2*+1/p-2. The van der Waals surface area contributed by atoms with Crippen LogP contribution >= 0.6 is 0 Å². The number of aliphatic carboxylic acids is 12. The SMILES string of the molecule is O=C(O)CN(CCN(CC(=O)O)CC(=O)O)CC(=O)O.O=C(O)CN(CCN(CC(=O)O)CC(=O)O)CC(=O)O.O=C([O-])CN(CCN(CC(=O)[O-])CC(=O)[O-])CC(=O)[O-].[NH4+].[NH4+].[Na+].[Na+]. The summed E-state index contributed by atoms with van der Waals surface area (Å²) in [6.07, 6.45) is 0. The molecule has 0 aliphatic heterocycles. The van der Waals surface area contributed by atoms with Gasteiger partial charge in [-0.15, -0.1) is 0 Å². The zero-order chi connectivity index (χ0) is 47.1. The summed E-state index contributed by atoms with van der Waals surface area (Å²) in [4.78, 5) is 132. The van der Waals surface area contributed by atoms with Gasteiger partial charge in [-0.3, -0.25) is 67.8 Å². The second kappa shape index (κ2) is 42.3. The van der Waals surface area contributed by atoms with Crippen LogP contribution in [0.5, 0.6) is 0 Å². The van der Waals surface area contributed by atoms with Gasteiger partial charge in [-0.05, 0) is 0 Å². The van der Waals surface area contributed by atoms with Crippen molar-refractivity contribution >= 4 is 71.6 Å². The Balaban J connectivity index is -0.000000148. The molecule has 0 radical (unpaired) electrons. The third kappa shape index (κ3) is 53.5. The predicted molar refractivity (Wildman–Crippen MR) is 192 cm³/mol. The van der Waals surface area contributed by atoms with Crippen molar-refractivity contribution in [3.63, 3.8) is 0 Å². The molecule has 0 heterocycles. The molecule has 0 aromatic heterocycles. The number of carbonyl (C=O) groups is 12. The van der Waals surface area contributed by atoms with Crippen LogP contribution in [0, 0.1) is 0 Å². The Kier molecular flexibility index (Phi) is 48.7. The number of carboxylic acid groups (broad SMARTS) is 12. The van der Waals surface area contributed by atoms with Crippen molar-refractivity contribution in [3.05, 3.63) is 0 Å². The molecule has 0 aromatic rings. The molecule has 0 saturated heterocycles. The van der Waals surface area contributed by atoms with Gasteiger partial charge in [0, 0.05) is 65.4 Å². The monoisotopic (exact) mass is 954 g/mol. The number of carboxylic acids is 12. The molecule has 64 heavy (non-hydrogen) atoms. The number of rotatable bonds is 33. The minimum atomic E-state index is -1.53. The molecule has 0 saturated carbocycles. The van der Waals surface area contributed by atoms with Gasteiger partial charge in [0.15, 0.2) is 0 Å². The molecular weight excluding hydrogens is 902 g/mol. The van der Waals surface area contributed by atoms with Gasteiger partial charge in [-0.1, -0.05) is 0 Å². The van der Waals surface area contributed by atoms with Crippen molar-refractivity contribution in [1.82, 2.24) is 41.7 Å². The summed E-state index contributed by atoms with van der Waals surface area (Å²) in [6.45, 7) is -7.75. The summed E-state index contributed by atoms with van der Waals surface area (Å²) in [5, 5.41) is 111. The normalized spacial score (nSPS) is 10.0. The first-order valence-electron chi connectivity index (χ1n) is 16.5. The van der Waals surface area contributed by atoms with Gasteiger partial charge in [0.2, 0.25) is 0 Å². The topological polar surface area (TPSA) is 551 Å². The van der Waals surface area contributed by atoms with Crippen molar-refractivity contribution in [2.75, 3.05) is 118 Å². The molecule has 0 unspecified atom stereocenters. The minimum Gasteiger partial charge on any atom is -0.549 e.